The predicted molar refractivity (Wildman–Crippen MR) is 114 cm³/mol. The quantitative estimate of drug-likeness (QED) is 0.370. The number of rotatable bonds is 2. The third-order valence-corrected chi connectivity index (χ3v) is 8.32. The molecule has 0 aromatic carbocycles. The molecule has 0 aromatic rings. The van der Waals surface area contributed by atoms with Gasteiger partial charge in [0, 0.05) is 0 Å². The van der Waals surface area contributed by atoms with Crippen molar-refractivity contribution in [1.82, 2.24) is 0 Å². The Labute approximate surface area is 193 Å². The smallest absolute Gasteiger partial charge is 1.00 e. The van der Waals surface area contributed by atoms with Gasteiger partial charge in [-0.25, -0.2) is 23.3 Å². The molecule has 0 unspecified atom stereocenters. The van der Waals surface area contributed by atoms with Crippen molar-refractivity contribution < 1.29 is 48.1 Å². The van der Waals surface area contributed by atoms with Gasteiger partial charge < -0.3 is 24.8 Å². The molecule has 0 amide bonds. The second-order valence-corrected chi connectivity index (χ2v) is 28.6. The van der Waals surface area contributed by atoms with Crippen LogP contribution in [0.4, 0.5) is 0 Å². The summed E-state index contributed by atoms with van der Waals surface area (Å²) >= 11 is 1.74. The van der Waals surface area contributed by atoms with Crippen molar-refractivity contribution in [3.63, 3.8) is 0 Å². The van der Waals surface area contributed by atoms with Gasteiger partial charge in [0.15, 0.2) is 0 Å². The fourth-order valence-corrected chi connectivity index (χ4v) is 4.70. The zero-order valence-electron chi connectivity index (χ0n) is 18.3. The van der Waals surface area contributed by atoms with E-state index in [0.29, 0.717) is 0 Å². The van der Waals surface area contributed by atoms with E-state index < -0.39 is 16.1 Å². The molecule has 2 aliphatic carbocycles. The average Bonchev–Trinajstić information content (AvgIpc) is 2.96. The van der Waals surface area contributed by atoms with Gasteiger partial charge in [-0.05, 0) is 0 Å². The maximum Gasteiger partial charge on any atom is -1.00 e. The molecule has 0 aromatic heterocycles. The Bertz CT molecular complexity index is 525. The summed E-state index contributed by atoms with van der Waals surface area (Å²) in [5, 5.41) is 3.29. The van der Waals surface area contributed by atoms with Crippen LogP contribution in [-0.2, 0) is 23.3 Å². The topological polar surface area (TPSA) is 0 Å². The number of hydrogen-bond acceptors (Lipinski definition) is 0. The summed E-state index contributed by atoms with van der Waals surface area (Å²) in [6.45, 7) is 23.2. The summed E-state index contributed by atoms with van der Waals surface area (Å²) < 4.78 is 0. The molecule has 0 heterocycles. The minimum absolute atomic E-state index is 0. The van der Waals surface area contributed by atoms with Crippen LogP contribution >= 0.6 is 0 Å². The minimum atomic E-state index is -0.988. The van der Waals surface area contributed by atoms with E-state index >= 15 is 0 Å². The predicted octanol–water partition coefficient (Wildman–Crippen LogP) is 0.679. The van der Waals surface area contributed by atoms with Crippen LogP contribution in [0.2, 0.25) is 52.4 Å². The summed E-state index contributed by atoms with van der Waals surface area (Å²) in [4.78, 5) is 0. The van der Waals surface area contributed by atoms with Gasteiger partial charge in [-0.3, -0.25) is 12.2 Å². The van der Waals surface area contributed by atoms with Crippen molar-refractivity contribution in [2.24, 2.45) is 0 Å². The molecule has 26 heavy (non-hydrogen) atoms. The van der Waals surface area contributed by atoms with Crippen molar-refractivity contribution >= 4 is 21.6 Å². The molecule has 0 radical (unpaired) electrons. The van der Waals surface area contributed by atoms with Gasteiger partial charge in [-0.2, -0.15) is 10.4 Å². The average molecular weight is 523 g/mol. The number of hydrogen-bond donors (Lipinski definition) is 0. The fraction of sp³-hybridized carbons (Fsp3) is 0.600. The molecule has 148 valence electrons. The van der Waals surface area contributed by atoms with Gasteiger partial charge in [0.2, 0.25) is 0 Å². The van der Waals surface area contributed by atoms with Crippen LogP contribution in [0.5, 0.6) is 0 Å². The fourth-order valence-electron chi connectivity index (χ4n) is 2.16. The summed E-state index contributed by atoms with van der Waals surface area (Å²) in [5.74, 6) is 0. The van der Waals surface area contributed by atoms with Crippen molar-refractivity contribution in [2.45, 2.75) is 79.1 Å². The molecule has 0 bridgehead atoms. The largest absolute Gasteiger partial charge is 1.00 e. The van der Waals surface area contributed by atoms with E-state index in [2.05, 4.69) is 90.5 Å². The molecule has 0 N–H and O–H groups in total. The van der Waals surface area contributed by atoms with Gasteiger partial charge in [-0.15, -0.1) is 12.8 Å². The van der Waals surface area contributed by atoms with E-state index in [1.54, 1.807) is 33.7 Å². The summed E-state index contributed by atoms with van der Waals surface area (Å²) in [6, 6.07) is 0. The van der Waals surface area contributed by atoms with Crippen molar-refractivity contribution in [3.8, 4) is 0 Å². The second-order valence-electron chi connectivity index (χ2n) is 8.91. The van der Waals surface area contributed by atoms with Gasteiger partial charge in [0.1, 0.15) is 0 Å². The molecule has 0 aliphatic heterocycles. The Kier molecular flexibility index (Phi) is 17.2. The zero-order valence-corrected chi connectivity index (χ0v) is 25.3. The molecule has 6 heteroatoms. The molecule has 0 spiro atoms. The monoisotopic (exact) mass is 520 g/mol. The first-order valence-corrected chi connectivity index (χ1v) is 22.0. The van der Waals surface area contributed by atoms with E-state index in [4.69, 9.17) is 0 Å². The molecule has 0 saturated carbocycles. The molecule has 2 aliphatic rings. The van der Waals surface area contributed by atoms with E-state index in [0.717, 1.165) is 12.8 Å². The van der Waals surface area contributed by atoms with Gasteiger partial charge in [0.05, 0.1) is 16.1 Å². The Hall–Kier alpha value is 1.07. The third kappa shape index (κ3) is 15.0. The van der Waals surface area contributed by atoms with Crippen LogP contribution in [0.25, 0.3) is 0 Å². The summed E-state index contributed by atoms with van der Waals surface area (Å²) in [5.41, 5.74) is 2.87. The summed E-state index contributed by atoms with van der Waals surface area (Å²) in [6.07, 6.45) is 13.5. The van der Waals surface area contributed by atoms with Gasteiger partial charge in [0.25, 0.3) is 0 Å². The van der Waals surface area contributed by atoms with E-state index in [-0.39, 0.29) is 30.2 Å². The van der Waals surface area contributed by atoms with Crippen LogP contribution in [0.15, 0.2) is 33.7 Å². The summed E-state index contributed by atoms with van der Waals surface area (Å²) in [7, 11) is -1.98. The van der Waals surface area contributed by atoms with E-state index in [1.807, 2.05) is 0 Å². The Morgan fingerprint density at radius 1 is 0.769 bits per heavy atom. The molecule has 0 saturated heterocycles. The minimum Gasteiger partial charge on any atom is -1.00 e. The van der Waals surface area contributed by atoms with E-state index in [1.165, 1.54) is 11.1 Å². The zero-order chi connectivity index (χ0) is 19.1. The first-order valence-electron chi connectivity index (χ1n) is 8.82. The molecular weight excluding hydrogens is 487 g/mol. The molecular formula is C20H36Cl2Si3Zr-2. The molecule has 0 nitrogen and oxygen atoms in total. The Balaban J connectivity index is -0.000000319. The van der Waals surface area contributed by atoms with Crippen LogP contribution < -0.4 is 24.8 Å². The molecule has 0 fully saturated rings. The number of allylic oxidation sites excluding steroid dienone is 8. The Morgan fingerprint density at radius 2 is 1.00 bits per heavy atom. The van der Waals surface area contributed by atoms with Gasteiger partial charge in [-0.1, -0.05) is 53.1 Å². The van der Waals surface area contributed by atoms with Crippen LogP contribution in [0, 0.1) is 12.2 Å². The second kappa shape index (κ2) is 14.1. The van der Waals surface area contributed by atoms with Crippen LogP contribution in [0.3, 0.4) is 0 Å². The normalized spacial score (nSPS) is 15.5. The first kappa shape index (κ1) is 31.8. The van der Waals surface area contributed by atoms with E-state index in [9.17, 15) is 0 Å². The van der Waals surface area contributed by atoms with Crippen molar-refractivity contribution in [1.29, 1.82) is 0 Å². The Morgan fingerprint density at radius 3 is 1.08 bits per heavy atom. The maximum atomic E-state index is 3.33. The van der Waals surface area contributed by atoms with Crippen LogP contribution in [-0.4, -0.2) is 21.6 Å². The first-order chi connectivity index (χ1) is 10.7. The standard InChI is InChI=1S/2C9H15Si.C2H6Si.2ClH.Zr/c2*1-8-5-6-9(7-8)10(2,3)4;1-3-2;;;/h2*7H,6H2,1-4H3;1-2H3;2*1H;/q2*-1;;;;+2/p-2. The van der Waals surface area contributed by atoms with Crippen molar-refractivity contribution in [2.75, 3.05) is 0 Å². The number of halogens is 2. The molecule has 0 atom stereocenters. The molecule has 2 rings (SSSR count). The van der Waals surface area contributed by atoms with Gasteiger partial charge >= 0.3 is 41.9 Å². The third-order valence-electron chi connectivity index (χ3n) is 3.82. The maximum absolute atomic E-state index is 3.33. The van der Waals surface area contributed by atoms with Crippen LogP contribution in [0.1, 0.15) is 26.7 Å². The van der Waals surface area contributed by atoms with Crippen molar-refractivity contribution in [3.05, 3.63) is 45.8 Å². The SMILES string of the molecule is CC1=[C-]CC([Si](C)(C)C)=C1.CC1=[C-]CC([Si](C)(C)C)=C1.C[Si](C)=[Zr+2].[Cl-].[Cl-].